The SMILES string of the molecule is CC(C)(C)C(C(=O)C=Cc1ccccc1)(C(C)(C)C)C(C)(C)C.[Pd].[Pd]. The molecule has 1 nitrogen and oxygen atoms in total. The molecule has 25 heavy (non-hydrogen) atoms. The number of carbonyl (C=O) groups excluding carboxylic acids is 1. The van der Waals surface area contributed by atoms with Crippen molar-refractivity contribution >= 4 is 11.9 Å². The molecule has 1 rings (SSSR count). The van der Waals surface area contributed by atoms with Crippen molar-refractivity contribution < 1.29 is 45.6 Å². The second-order valence-corrected chi connectivity index (χ2v) is 9.61. The molecule has 3 heteroatoms. The molecule has 0 heterocycles. The molecule has 0 aromatic heterocycles. The fraction of sp³-hybridized carbons (Fsp3) is 0.591. The van der Waals surface area contributed by atoms with E-state index in [1.54, 1.807) is 6.08 Å². The maximum absolute atomic E-state index is 13.5. The molecule has 0 saturated carbocycles. The molecule has 1 aromatic rings. The maximum Gasteiger partial charge on any atom is 0.163 e. The largest absolute Gasteiger partial charge is 0.294 e. The summed E-state index contributed by atoms with van der Waals surface area (Å²) in [4.78, 5) is 13.5. The Kier molecular flexibility index (Phi) is 10.0. The predicted octanol–water partition coefficient (Wildman–Crippen LogP) is 6.39. The van der Waals surface area contributed by atoms with E-state index in [0.29, 0.717) is 0 Å². The van der Waals surface area contributed by atoms with Crippen molar-refractivity contribution in [2.24, 2.45) is 21.7 Å². The molecule has 0 N–H and O–H groups in total. The summed E-state index contributed by atoms with van der Waals surface area (Å²) in [5, 5.41) is 0. The molecule has 0 unspecified atom stereocenters. The molecule has 0 amide bonds. The Labute approximate surface area is 182 Å². The van der Waals surface area contributed by atoms with Crippen LogP contribution in [-0.4, -0.2) is 5.78 Å². The van der Waals surface area contributed by atoms with E-state index in [1.165, 1.54) is 0 Å². The van der Waals surface area contributed by atoms with Gasteiger partial charge in [0.05, 0.1) is 0 Å². The number of hydrogen-bond donors (Lipinski definition) is 0. The van der Waals surface area contributed by atoms with Gasteiger partial charge in [0.2, 0.25) is 0 Å². The van der Waals surface area contributed by atoms with Crippen molar-refractivity contribution in [3.05, 3.63) is 42.0 Å². The van der Waals surface area contributed by atoms with Crippen LogP contribution in [0.25, 0.3) is 6.08 Å². The number of ketones is 1. The Bertz CT molecular complexity index is 531. The van der Waals surface area contributed by atoms with Gasteiger partial charge in [0.15, 0.2) is 5.78 Å². The van der Waals surface area contributed by atoms with Crippen LogP contribution in [0.1, 0.15) is 67.9 Å². The minimum absolute atomic E-state index is 0. The molecule has 0 atom stereocenters. The fourth-order valence-electron chi connectivity index (χ4n) is 5.34. The zero-order valence-electron chi connectivity index (χ0n) is 17.1. The number of allylic oxidation sites excluding steroid dienone is 1. The minimum Gasteiger partial charge on any atom is -0.294 e. The molecule has 0 aliphatic heterocycles. The monoisotopic (exact) mass is 526 g/mol. The molecule has 0 spiro atoms. The Morgan fingerprint density at radius 1 is 0.720 bits per heavy atom. The van der Waals surface area contributed by atoms with Gasteiger partial charge in [0.1, 0.15) is 0 Å². The summed E-state index contributed by atoms with van der Waals surface area (Å²) in [6.07, 6.45) is 3.73. The van der Waals surface area contributed by atoms with Crippen molar-refractivity contribution in [2.75, 3.05) is 0 Å². The van der Waals surface area contributed by atoms with Gasteiger partial charge < -0.3 is 0 Å². The van der Waals surface area contributed by atoms with Crippen LogP contribution in [0.2, 0.25) is 0 Å². The van der Waals surface area contributed by atoms with Gasteiger partial charge in [-0.15, -0.1) is 0 Å². The molecule has 0 aliphatic rings. The van der Waals surface area contributed by atoms with E-state index in [1.807, 2.05) is 36.4 Å². The topological polar surface area (TPSA) is 17.1 Å². The van der Waals surface area contributed by atoms with Crippen molar-refractivity contribution in [1.29, 1.82) is 0 Å². The summed E-state index contributed by atoms with van der Waals surface area (Å²) in [5.41, 5.74) is 0.134. The quantitative estimate of drug-likeness (QED) is 0.329. The first-order valence-corrected chi connectivity index (χ1v) is 8.53. The van der Waals surface area contributed by atoms with Crippen LogP contribution in [0.15, 0.2) is 36.4 Å². The molecule has 148 valence electrons. The molecule has 0 bridgehead atoms. The average Bonchev–Trinajstić information content (AvgIpc) is 2.32. The maximum atomic E-state index is 13.5. The third-order valence-electron chi connectivity index (χ3n) is 4.97. The van der Waals surface area contributed by atoms with Gasteiger partial charge in [-0.2, -0.15) is 0 Å². The number of benzene rings is 1. The van der Waals surface area contributed by atoms with Crippen LogP contribution in [0.5, 0.6) is 0 Å². The molecule has 0 saturated heterocycles. The van der Waals surface area contributed by atoms with Crippen LogP contribution < -0.4 is 0 Å². The second kappa shape index (κ2) is 9.24. The third kappa shape index (κ3) is 5.47. The zero-order chi connectivity index (χ0) is 18.1. The van der Waals surface area contributed by atoms with Gasteiger partial charge in [-0.05, 0) is 27.9 Å². The van der Waals surface area contributed by atoms with Crippen LogP contribution in [0, 0.1) is 21.7 Å². The molecular weight excluding hydrogens is 493 g/mol. The molecule has 0 radical (unpaired) electrons. The molecule has 1 aromatic carbocycles. The third-order valence-corrected chi connectivity index (χ3v) is 4.97. The Morgan fingerprint density at radius 3 is 1.40 bits per heavy atom. The van der Waals surface area contributed by atoms with Crippen LogP contribution in [0.3, 0.4) is 0 Å². The Balaban J connectivity index is 0. The van der Waals surface area contributed by atoms with Crippen molar-refractivity contribution in [1.82, 2.24) is 0 Å². The first-order valence-electron chi connectivity index (χ1n) is 8.53. The normalized spacial score (nSPS) is 13.2. The molecule has 0 aliphatic carbocycles. The fourth-order valence-corrected chi connectivity index (χ4v) is 5.34. The van der Waals surface area contributed by atoms with Crippen LogP contribution in [0.4, 0.5) is 0 Å². The van der Waals surface area contributed by atoms with E-state index in [2.05, 4.69) is 62.3 Å². The van der Waals surface area contributed by atoms with Crippen LogP contribution in [-0.2, 0) is 45.6 Å². The predicted molar refractivity (Wildman–Crippen MR) is 101 cm³/mol. The number of rotatable bonds is 3. The van der Waals surface area contributed by atoms with Gasteiger partial charge in [0.25, 0.3) is 0 Å². The van der Waals surface area contributed by atoms with E-state index in [0.717, 1.165) is 5.56 Å². The van der Waals surface area contributed by atoms with Gasteiger partial charge in [-0.1, -0.05) is 98.7 Å². The van der Waals surface area contributed by atoms with Gasteiger partial charge >= 0.3 is 0 Å². The first kappa shape index (κ1) is 27.2. The Morgan fingerprint density at radius 2 is 1.08 bits per heavy atom. The summed E-state index contributed by atoms with van der Waals surface area (Å²) in [6, 6.07) is 10.0. The van der Waals surface area contributed by atoms with E-state index in [4.69, 9.17) is 0 Å². The van der Waals surface area contributed by atoms with Crippen molar-refractivity contribution in [3.63, 3.8) is 0 Å². The number of hydrogen-bond acceptors (Lipinski definition) is 1. The zero-order valence-corrected chi connectivity index (χ0v) is 20.2. The first-order chi connectivity index (χ1) is 10.2. The molecular formula is C22H34OPd2. The van der Waals surface area contributed by atoms with E-state index < -0.39 is 5.41 Å². The second-order valence-electron chi connectivity index (χ2n) is 9.61. The van der Waals surface area contributed by atoms with Gasteiger partial charge in [0, 0.05) is 46.3 Å². The number of carbonyl (C=O) groups is 1. The Hall–Kier alpha value is -0.0453. The summed E-state index contributed by atoms with van der Waals surface area (Å²) >= 11 is 0. The van der Waals surface area contributed by atoms with E-state index in [-0.39, 0.29) is 62.9 Å². The van der Waals surface area contributed by atoms with Crippen molar-refractivity contribution in [2.45, 2.75) is 62.3 Å². The van der Waals surface area contributed by atoms with Gasteiger partial charge in [-0.25, -0.2) is 0 Å². The summed E-state index contributed by atoms with van der Waals surface area (Å²) in [6.45, 7) is 19.7. The molecule has 0 fully saturated rings. The van der Waals surface area contributed by atoms with Crippen molar-refractivity contribution in [3.8, 4) is 0 Å². The summed E-state index contributed by atoms with van der Waals surface area (Å²) in [5.74, 6) is 0.217. The summed E-state index contributed by atoms with van der Waals surface area (Å²) < 4.78 is 0. The van der Waals surface area contributed by atoms with Gasteiger partial charge in [-0.3, -0.25) is 4.79 Å². The van der Waals surface area contributed by atoms with Crippen LogP contribution >= 0.6 is 0 Å². The standard InChI is InChI=1S/C22H34O.2Pd/c1-19(2,3)22(20(4,5)6,21(7,8)9)18(23)16-15-17-13-11-10-12-14-17;;/h10-16H,1-9H3;;. The van der Waals surface area contributed by atoms with E-state index >= 15 is 0 Å². The average molecular weight is 527 g/mol. The minimum atomic E-state index is -0.474. The van der Waals surface area contributed by atoms with E-state index in [9.17, 15) is 4.79 Å². The summed E-state index contributed by atoms with van der Waals surface area (Å²) in [7, 11) is 0. The smallest absolute Gasteiger partial charge is 0.163 e.